The zero-order valence-corrected chi connectivity index (χ0v) is 12.2. The lowest BCUT2D eigenvalue weighted by Crippen LogP contribution is -1.90. The Morgan fingerprint density at radius 1 is 0.952 bits per heavy atom. The first kappa shape index (κ1) is 13.3. The minimum Gasteiger partial charge on any atom is -0.497 e. The van der Waals surface area contributed by atoms with Crippen LogP contribution in [0.1, 0.15) is 0 Å². The molecule has 5 heteroatoms. The number of methoxy groups -OCH3 is 3. The van der Waals surface area contributed by atoms with E-state index in [0.717, 1.165) is 34.2 Å². The molecule has 1 aromatic carbocycles. The first-order valence-corrected chi connectivity index (χ1v) is 6.51. The minimum absolute atomic E-state index is 0.727. The smallest absolute Gasteiger partial charge is 0.180 e. The lowest BCUT2D eigenvalue weighted by atomic mass is 10.1. The fourth-order valence-electron chi connectivity index (χ4n) is 2.29. The van der Waals surface area contributed by atoms with Crippen LogP contribution in [-0.2, 0) is 0 Å². The van der Waals surface area contributed by atoms with E-state index in [1.165, 1.54) is 0 Å². The summed E-state index contributed by atoms with van der Waals surface area (Å²) < 4.78 is 18.0. The highest BCUT2D eigenvalue weighted by Crippen LogP contribution is 2.33. The summed E-state index contributed by atoms with van der Waals surface area (Å²) in [6.07, 6.45) is 3.87. The number of pyridine rings is 1. The van der Waals surface area contributed by atoms with Crippen LogP contribution in [0.25, 0.3) is 16.9 Å². The maximum Gasteiger partial charge on any atom is 0.180 e. The number of benzene rings is 1. The molecule has 0 fully saturated rings. The third-order valence-electron chi connectivity index (χ3n) is 3.35. The molecular formula is C16H16N2O3. The second kappa shape index (κ2) is 5.36. The average molecular weight is 284 g/mol. The van der Waals surface area contributed by atoms with Gasteiger partial charge >= 0.3 is 0 Å². The van der Waals surface area contributed by atoms with Gasteiger partial charge in [0, 0.05) is 18.0 Å². The third kappa shape index (κ3) is 2.27. The van der Waals surface area contributed by atoms with Gasteiger partial charge in [-0.1, -0.05) is 0 Å². The first-order chi connectivity index (χ1) is 10.3. The van der Waals surface area contributed by atoms with Gasteiger partial charge in [0.1, 0.15) is 11.5 Å². The number of fused-ring (bicyclic) bond motifs is 1. The Morgan fingerprint density at radius 3 is 2.48 bits per heavy atom. The van der Waals surface area contributed by atoms with E-state index in [9.17, 15) is 0 Å². The fourth-order valence-corrected chi connectivity index (χ4v) is 2.29. The lowest BCUT2D eigenvalue weighted by Gasteiger charge is -2.08. The average Bonchev–Trinajstić information content (AvgIpc) is 2.98. The summed E-state index contributed by atoms with van der Waals surface area (Å²) in [4.78, 5) is 4.64. The van der Waals surface area contributed by atoms with Crippen molar-refractivity contribution in [2.75, 3.05) is 21.3 Å². The van der Waals surface area contributed by atoms with Crippen molar-refractivity contribution in [3.05, 3.63) is 42.7 Å². The van der Waals surface area contributed by atoms with Crippen molar-refractivity contribution in [3.8, 4) is 28.5 Å². The molecule has 0 amide bonds. The molecule has 0 atom stereocenters. The van der Waals surface area contributed by atoms with E-state index in [2.05, 4.69) is 4.98 Å². The Kier molecular flexibility index (Phi) is 3.39. The minimum atomic E-state index is 0.727. The van der Waals surface area contributed by atoms with Gasteiger partial charge in [0.2, 0.25) is 0 Å². The molecule has 0 aliphatic heterocycles. The lowest BCUT2D eigenvalue weighted by molar-refractivity contribution is 0.404. The third-order valence-corrected chi connectivity index (χ3v) is 3.35. The molecule has 0 saturated carbocycles. The highest BCUT2D eigenvalue weighted by Gasteiger charge is 2.13. The van der Waals surface area contributed by atoms with Gasteiger partial charge < -0.3 is 18.6 Å². The van der Waals surface area contributed by atoms with Gasteiger partial charge in [-0.2, -0.15) is 0 Å². The number of imidazole rings is 1. The molecule has 2 heterocycles. The monoisotopic (exact) mass is 284 g/mol. The summed E-state index contributed by atoms with van der Waals surface area (Å²) >= 11 is 0. The standard InChI is InChI=1S/C16H16N2O3/c1-19-11-6-7-14(20-2)12(9-11)13-10-18-8-4-5-15(21-3)16(18)17-13/h4-10H,1-3H3. The Bertz CT molecular complexity index is 780. The Morgan fingerprint density at radius 2 is 1.76 bits per heavy atom. The molecule has 3 aromatic rings. The number of hydrogen-bond donors (Lipinski definition) is 0. The number of rotatable bonds is 4. The van der Waals surface area contributed by atoms with E-state index in [1.807, 2.05) is 47.1 Å². The summed E-state index contributed by atoms with van der Waals surface area (Å²) in [5, 5.41) is 0. The van der Waals surface area contributed by atoms with Crippen molar-refractivity contribution < 1.29 is 14.2 Å². The normalized spacial score (nSPS) is 10.6. The van der Waals surface area contributed by atoms with Crippen molar-refractivity contribution in [2.45, 2.75) is 0 Å². The maximum absolute atomic E-state index is 5.42. The van der Waals surface area contributed by atoms with Gasteiger partial charge in [0.25, 0.3) is 0 Å². The zero-order valence-electron chi connectivity index (χ0n) is 12.2. The molecule has 2 aromatic heterocycles. The Balaban J connectivity index is 2.20. The molecule has 0 aliphatic rings. The highest BCUT2D eigenvalue weighted by atomic mass is 16.5. The SMILES string of the molecule is COc1ccc(OC)c(-c2cn3cccc(OC)c3n2)c1. The molecule has 0 radical (unpaired) electrons. The summed E-state index contributed by atoms with van der Waals surface area (Å²) in [5.41, 5.74) is 2.44. The topological polar surface area (TPSA) is 45.0 Å². The quantitative estimate of drug-likeness (QED) is 0.738. The molecule has 21 heavy (non-hydrogen) atoms. The van der Waals surface area contributed by atoms with E-state index in [0.29, 0.717) is 0 Å². The zero-order chi connectivity index (χ0) is 14.8. The van der Waals surface area contributed by atoms with Crippen LogP contribution in [0, 0.1) is 0 Å². The van der Waals surface area contributed by atoms with Crippen molar-refractivity contribution >= 4 is 5.65 Å². The van der Waals surface area contributed by atoms with Gasteiger partial charge in [-0.25, -0.2) is 4.98 Å². The molecule has 0 bridgehead atoms. The van der Waals surface area contributed by atoms with Crippen molar-refractivity contribution in [2.24, 2.45) is 0 Å². The van der Waals surface area contributed by atoms with Crippen LogP contribution >= 0.6 is 0 Å². The summed E-state index contributed by atoms with van der Waals surface area (Å²) in [5.74, 6) is 2.23. The maximum atomic E-state index is 5.42. The molecule has 108 valence electrons. The molecule has 3 rings (SSSR count). The molecule has 5 nitrogen and oxygen atoms in total. The van der Waals surface area contributed by atoms with Crippen LogP contribution in [0.15, 0.2) is 42.7 Å². The largest absolute Gasteiger partial charge is 0.497 e. The predicted octanol–water partition coefficient (Wildman–Crippen LogP) is 3.03. The van der Waals surface area contributed by atoms with E-state index < -0.39 is 0 Å². The van der Waals surface area contributed by atoms with Crippen LogP contribution < -0.4 is 14.2 Å². The van der Waals surface area contributed by atoms with Crippen LogP contribution in [0.2, 0.25) is 0 Å². The van der Waals surface area contributed by atoms with Crippen LogP contribution in [-0.4, -0.2) is 30.7 Å². The Hall–Kier alpha value is -2.69. The summed E-state index contributed by atoms with van der Waals surface area (Å²) in [6, 6.07) is 9.44. The predicted molar refractivity (Wildman–Crippen MR) is 80.3 cm³/mol. The van der Waals surface area contributed by atoms with Crippen LogP contribution in [0.4, 0.5) is 0 Å². The van der Waals surface area contributed by atoms with Gasteiger partial charge in [0.05, 0.1) is 27.0 Å². The van der Waals surface area contributed by atoms with Gasteiger partial charge in [-0.15, -0.1) is 0 Å². The highest BCUT2D eigenvalue weighted by molar-refractivity contribution is 5.72. The first-order valence-electron chi connectivity index (χ1n) is 6.51. The summed E-state index contributed by atoms with van der Waals surface area (Å²) in [6.45, 7) is 0. The second-order valence-electron chi connectivity index (χ2n) is 4.50. The molecule has 0 N–H and O–H groups in total. The molecule has 0 spiro atoms. The van der Waals surface area contributed by atoms with Gasteiger partial charge in [-0.05, 0) is 30.3 Å². The molecule has 0 unspecified atom stereocenters. The second-order valence-corrected chi connectivity index (χ2v) is 4.50. The molecule has 0 saturated heterocycles. The van der Waals surface area contributed by atoms with E-state index in [-0.39, 0.29) is 0 Å². The fraction of sp³-hybridized carbons (Fsp3) is 0.188. The van der Waals surface area contributed by atoms with E-state index in [1.54, 1.807) is 21.3 Å². The number of nitrogens with zero attached hydrogens (tertiary/aromatic N) is 2. The number of hydrogen-bond acceptors (Lipinski definition) is 4. The number of aromatic nitrogens is 2. The molecule has 0 aliphatic carbocycles. The van der Waals surface area contributed by atoms with Crippen LogP contribution in [0.5, 0.6) is 17.2 Å². The van der Waals surface area contributed by atoms with Crippen molar-refractivity contribution in [1.82, 2.24) is 9.38 Å². The van der Waals surface area contributed by atoms with E-state index in [4.69, 9.17) is 14.2 Å². The number of ether oxygens (including phenoxy) is 3. The van der Waals surface area contributed by atoms with Crippen molar-refractivity contribution in [3.63, 3.8) is 0 Å². The van der Waals surface area contributed by atoms with Crippen molar-refractivity contribution in [1.29, 1.82) is 0 Å². The van der Waals surface area contributed by atoms with Gasteiger partial charge in [0.15, 0.2) is 11.4 Å². The van der Waals surface area contributed by atoms with Gasteiger partial charge in [-0.3, -0.25) is 0 Å². The Labute approximate surface area is 122 Å². The van der Waals surface area contributed by atoms with Crippen LogP contribution in [0.3, 0.4) is 0 Å². The summed E-state index contributed by atoms with van der Waals surface area (Å²) in [7, 11) is 4.91. The van der Waals surface area contributed by atoms with E-state index >= 15 is 0 Å². The molecular weight excluding hydrogens is 268 g/mol.